The molecule has 3 unspecified atom stereocenters. The maximum absolute atomic E-state index is 13.0. The number of piperidine rings is 2. The standard InChI is InChI=1S/C23H33N3O2/c1-17-8-7-9-18(2)25(17)15-13-24-23(27)20-11-5-6-14-26(20)22-16-19-10-3-4-12-21(19)28-22/h3-4,10,12,16-18,20H,5-9,11,13-15H2,1-2H3,(H,24,27). The zero-order valence-electron chi connectivity index (χ0n) is 17.2. The molecule has 0 spiro atoms. The van der Waals surface area contributed by atoms with Gasteiger partial charge in [-0.1, -0.05) is 24.6 Å². The fourth-order valence-corrected chi connectivity index (χ4v) is 4.92. The molecule has 28 heavy (non-hydrogen) atoms. The zero-order valence-corrected chi connectivity index (χ0v) is 17.2. The number of hydrogen-bond acceptors (Lipinski definition) is 4. The molecule has 2 aliphatic rings. The summed E-state index contributed by atoms with van der Waals surface area (Å²) in [6.45, 7) is 7.14. The average Bonchev–Trinajstić information content (AvgIpc) is 3.14. The summed E-state index contributed by atoms with van der Waals surface area (Å²) in [6.07, 6.45) is 6.93. The van der Waals surface area contributed by atoms with Gasteiger partial charge in [-0.05, 0) is 52.0 Å². The Kier molecular flexibility index (Phi) is 5.90. The Balaban J connectivity index is 1.39. The van der Waals surface area contributed by atoms with Gasteiger partial charge in [0.2, 0.25) is 5.91 Å². The first-order valence-corrected chi connectivity index (χ1v) is 10.9. The third-order valence-electron chi connectivity index (χ3n) is 6.55. The predicted octanol–water partition coefficient (Wildman–Crippen LogP) is 4.17. The molecule has 5 heteroatoms. The van der Waals surface area contributed by atoms with Crippen LogP contribution in [0.5, 0.6) is 0 Å². The van der Waals surface area contributed by atoms with E-state index in [0.29, 0.717) is 12.1 Å². The molecule has 0 bridgehead atoms. The smallest absolute Gasteiger partial charge is 0.242 e. The van der Waals surface area contributed by atoms with Gasteiger partial charge in [0.15, 0.2) is 5.88 Å². The molecule has 152 valence electrons. The number of hydrogen-bond donors (Lipinski definition) is 1. The highest BCUT2D eigenvalue weighted by Gasteiger charge is 2.31. The molecule has 1 N–H and O–H groups in total. The van der Waals surface area contributed by atoms with Crippen molar-refractivity contribution in [3.63, 3.8) is 0 Å². The van der Waals surface area contributed by atoms with Gasteiger partial charge in [0.05, 0.1) is 0 Å². The summed E-state index contributed by atoms with van der Waals surface area (Å²) < 4.78 is 6.05. The quantitative estimate of drug-likeness (QED) is 0.842. The van der Waals surface area contributed by atoms with E-state index in [1.807, 2.05) is 18.2 Å². The highest BCUT2D eigenvalue weighted by Crippen LogP contribution is 2.30. The third-order valence-corrected chi connectivity index (χ3v) is 6.55. The Bertz CT molecular complexity index is 759. The van der Waals surface area contributed by atoms with Crippen LogP contribution in [0.4, 0.5) is 5.88 Å². The molecule has 3 atom stereocenters. The van der Waals surface area contributed by atoms with E-state index in [1.54, 1.807) is 0 Å². The summed E-state index contributed by atoms with van der Waals surface area (Å²) in [5.41, 5.74) is 0.885. The molecule has 5 nitrogen and oxygen atoms in total. The van der Waals surface area contributed by atoms with Crippen molar-refractivity contribution >= 4 is 22.8 Å². The Morgan fingerprint density at radius 2 is 1.89 bits per heavy atom. The van der Waals surface area contributed by atoms with E-state index >= 15 is 0 Å². The summed E-state index contributed by atoms with van der Waals surface area (Å²) in [4.78, 5) is 17.7. The van der Waals surface area contributed by atoms with Crippen LogP contribution in [-0.2, 0) is 4.79 Å². The van der Waals surface area contributed by atoms with Crippen LogP contribution in [-0.4, -0.2) is 48.6 Å². The maximum Gasteiger partial charge on any atom is 0.242 e. The summed E-state index contributed by atoms with van der Waals surface area (Å²) in [7, 11) is 0. The van der Waals surface area contributed by atoms with Crippen LogP contribution in [0.1, 0.15) is 52.4 Å². The number of rotatable bonds is 5. The Morgan fingerprint density at radius 3 is 2.68 bits per heavy atom. The van der Waals surface area contributed by atoms with E-state index in [-0.39, 0.29) is 11.9 Å². The van der Waals surface area contributed by atoms with E-state index in [4.69, 9.17) is 4.42 Å². The number of nitrogens with one attached hydrogen (secondary N) is 1. The summed E-state index contributed by atoms with van der Waals surface area (Å²) in [5.74, 6) is 0.955. The molecule has 2 aromatic rings. The largest absolute Gasteiger partial charge is 0.441 e. The number of amides is 1. The number of likely N-dealkylation sites (tertiary alicyclic amines) is 1. The fourth-order valence-electron chi connectivity index (χ4n) is 4.92. The maximum atomic E-state index is 13.0. The molecule has 0 aliphatic carbocycles. The van der Waals surface area contributed by atoms with Gasteiger partial charge in [0.25, 0.3) is 0 Å². The predicted molar refractivity (Wildman–Crippen MR) is 114 cm³/mol. The van der Waals surface area contributed by atoms with Gasteiger partial charge in [0.1, 0.15) is 11.6 Å². The number of carbonyl (C=O) groups is 1. The molecule has 2 aliphatic heterocycles. The average molecular weight is 384 g/mol. The molecular formula is C23H33N3O2. The van der Waals surface area contributed by atoms with E-state index in [2.05, 4.69) is 41.1 Å². The van der Waals surface area contributed by atoms with Crippen molar-refractivity contribution in [2.24, 2.45) is 0 Å². The van der Waals surface area contributed by atoms with Gasteiger partial charge in [-0.25, -0.2) is 0 Å². The molecule has 1 aromatic carbocycles. The van der Waals surface area contributed by atoms with E-state index in [1.165, 1.54) is 19.3 Å². The minimum Gasteiger partial charge on any atom is -0.441 e. The van der Waals surface area contributed by atoms with Gasteiger partial charge in [-0.2, -0.15) is 0 Å². The van der Waals surface area contributed by atoms with Gasteiger partial charge in [-0.3, -0.25) is 9.69 Å². The fraction of sp³-hybridized carbons (Fsp3) is 0.609. The Morgan fingerprint density at radius 1 is 1.11 bits per heavy atom. The van der Waals surface area contributed by atoms with E-state index in [9.17, 15) is 4.79 Å². The number of nitrogens with zero attached hydrogens (tertiary/aromatic N) is 2. The van der Waals surface area contributed by atoms with Gasteiger partial charge in [0, 0.05) is 43.2 Å². The molecule has 0 radical (unpaired) electrons. The number of fused-ring (bicyclic) bond motifs is 1. The van der Waals surface area contributed by atoms with Crippen molar-refractivity contribution in [3.05, 3.63) is 30.3 Å². The molecule has 1 aromatic heterocycles. The lowest BCUT2D eigenvalue weighted by Gasteiger charge is -2.39. The molecule has 0 saturated carbocycles. The summed E-state index contributed by atoms with van der Waals surface area (Å²) in [5, 5.41) is 4.30. The molecule has 2 fully saturated rings. The van der Waals surface area contributed by atoms with Crippen molar-refractivity contribution in [1.82, 2.24) is 10.2 Å². The number of carbonyl (C=O) groups excluding carboxylic acids is 1. The van der Waals surface area contributed by atoms with Crippen LogP contribution >= 0.6 is 0 Å². The molecule has 3 heterocycles. The topological polar surface area (TPSA) is 48.7 Å². The minimum absolute atomic E-state index is 0.134. The van der Waals surface area contributed by atoms with Gasteiger partial charge >= 0.3 is 0 Å². The van der Waals surface area contributed by atoms with Crippen LogP contribution in [0.3, 0.4) is 0 Å². The van der Waals surface area contributed by atoms with Crippen molar-refractivity contribution in [3.8, 4) is 0 Å². The molecule has 1 amide bonds. The highest BCUT2D eigenvalue weighted by atomic mass is 16.4. The number of furan rings is 1. The minimum atomic E-state index is -0.134. The van der Waals surface area contributed by atoms with Crippen molar-refractivity contribution in [2.45, 2.75) is 70.5 Å². The zero-order chi connectivity index (χ0) is 19.5. The van der Waals surface area contributed by atoms with Crippen LogP contribution < -0.4 is 10.2 Å². The Hall–Kier alpha value is -2.01. The van der Waals surface area contributed by atoms with Gasteiger partial charge in [-0.15, -0.1) is 0 Å². The third kappa shape index (κ3) is 4.04. The Labute approximate surface area is 168 Å². The van der Waals surface area contributed by atoms with Crippen molar-refractivity contribution in [2.75, 3.05) is 24.5 Å². The second-order valence-electron chi connectivity index (χ2n) is 8.49. The first kappa shape index (κ1) is 19.3. The summed E-state index contributed by atoms with van der Waals surface area (Å²) >= 11 is 0. The molecule has 4 rings (SSSR count). The monoisotopic (exact) mass is 383 g/mol. The lowest BCUT2D eigenvalue weighted by molar-refractivity contribution is -0.123. The van der Waals surface area contributed by atoms with Crippen LogP contribution in [0.15, 0.2) is 34.7 Å². The first-order valence-electron chi connectivity index (χ1n) is 10.9. The molecule has 2 saturated heterocycles. The number of benzene rings is 1. The second-order valence-corrected chi connectivity index (χ2v) is 8.49. The van der Waals surface area contributed by atoms with Crippen LogP contribution in [0.25, 0.3) is 11.0 Å². The lowest BCUT2D eigenvalue weighted by Crippen LogP contribution is -2.52. The van der Waals surface area contributed by atoms with Crippen molar-refractivity contribution < 1.29 is 9.21 Å². The first-order chi connectivity index (χ1) is 13.6. The van der Waals surface area contributed by atoms with Gasteiger partial charge < -0.3 is 14.6 Å². The number of para-hydroxylation sites is 1. The number of anilines is 1. The summed E-state index contributed by atoms with van der Waals surface area (Å²) in [6, 6.07) is 11.2. The highest BCUT2D eigenvalue weighted by molar-refractivity contribution is 5.87. The van der Waals surface area contributed by atoms with Crippen LogP contribution in [0.2, 0.25) is 0 Å². The lowest BCUT2D eigenvalue weighted by atomic mass is 9.97. The SMILES string of the molecule is CC1CCCC(C)N1CCNC(=O)C1CCCCN1c1cc2ccccc2o1. The normalized spacial score (nSPS) is 26.5. The second kappa shape index (κ2) is 8.56. The van der Waals surface area contributed by atoms with E-state index in [0.717, 1.165) is 55.8 Å². The van der Waals surface area contributed by atoms with Crippen molar-refractivity contribution in [1.29, 1.82) is 0 Å². The van der Waals surface area contributed by atoms with Crippen LogP contribution in [0, 0.1) is 0 Å². The van der Waals surface area contributed by atoms with E-state index < -0.39 is 0 Å². The molecular weight excluding hydrogens is 350 g/mol.